The third-order valence-electron chi connectivity index (χ3n) is 1.93. The zero-order valence-corrected chi connectivity index (χ0v) is 9.71. The van der Waals surface area contributed by atoms with Crippen LogP contribution < -0.4 is 0 Å². The number of Topliss-reactive ketones (excluding diaryl/α,β-unsaturated/α-hetero) is 1. The molecule has 0 radical (unpaired) electrons. The molecule has 0 spiro atoms. The van der Waals surface area contributed by atoms with Crippen LogP contribution in [0.2, 0.25) is 0 Å². The average molecular weight is 248 g/mol. The van der Waals surface area contributed by atoms with Crippen LogP contribution in [0, 0.1) is 6.92 Å². The van der Waals surface area contributed by atoms with Crippen LogP contribution >= 0.6 is 11.8 Å². The van der Waals surface area contributed by atoms with Gasteiger partial charge in [-0.15, -0.1) is 0 Å². The van der Waals surface area contributed by atoms with Gasteiger partial charge in [0.2, 0.25) is 0 Å². The second-order valence-electron chi connectivity index (χ2n) is 3.36. The monoisotopic (exact) mass is 248 g/mol. The van der Waals surface area contributed by atoms with Gasteiger partial charge in [-0.05, 0) is 42.4 Å². The van der Waals surface area contributed by atoms with Gasteiger partial charge in [0.15, 0.2) is 5.78 Å². The molecule has 0 atom stereocenters. The van der Waals surface area contributed by atoms with Gasteiger partial charge in [0.25, 0.3) is 0 Å². The van der Waals surface area contributed by atoms with Gasteiger partial charge in [0.05, 0.1) is 0 Å². The Morgan fingerprint density at radius 3 is 2.44 bits per heavy atom. The molecule has 88 valence electrons. The van der Waals surface area contributed by atoms with Crippen LogP contribution in [-0.2, 0) is 0 Å². The van der Waals surface area contributed by atoms with E-state index in [1.165, 1.54) is 12.1 Å². The van der Waals surface area contributed by atoms with Gasteiger partial charge in [-0.1, -0.05) is 6.92 Å². The second-order valence-corrected chi connectivity index (χ2v) is 4.50. The summed E-state index contributed by atoms with van der Waals surface area (Å²) in [6, 6.07) is 4.31. The summed E-state index contributed by atoms with van der Waals surface area (Å²) in [5.74, 6) is -0.146. The Kier molecular flexibility index (Phi) is 4.02. The van der Waals surface area contributed by atoms with Crippen LogP contribution in [-0.4, -0.2) is 11.3 Å². The van der Waals surface area contributed by atoms with Crippen molar-refractivity contribution in [1.29, 1.82) is 0 Å². The molecule has 5 heteroatoms. The second kappa shape index (κ2) is 4.91. The largest absolute Gasteiger partial charge is 0.446 e. The standard InChI is InChI=1S/C11H11F3OS/c1-3-10(15)8-4-7(2)5-9(6-8)16-11(12,13)14/h4-6H,3H2,1-2H3. The molecule has 1 aromatic rings. The number of alkyl halides is 3. The molecule has 0 saturated carbocycles. The maximum atomic E-state index is 12.2. The minimum atomic E-state index is -4.32. The van der Waals surface area contributed by atoms with Crippen molar-refractivity contribution >= 4 is 17.5 Å². The first-order chi connectivity index (χ1) is 7.31. The highest BCUT2D eigenvalue weighted by molar-refractivity contribution is 8.00. The molecule has 0 heterocycles. The number of aryl methyl sites for hydroxylation is 1. The van der Waals surface area contributed by atoms with E-state index in [9.17, 15) is 18.0 Å². The number of thioether (sulfide) groups is 1. The van der Waals surface area contributed by atoms with E-state index < -0.39 is 5.51 Å². The fourth-order valence-electron chi connectivity index (χ4n) is 1.31. The Bertz CT molecular complexity index is 399. The number of carbonyl (C=O) groups excluding carboxylic acids is 1. The van der Waals surface area contributed by atoms with E-state index >= 15 is 0 Å². The van der Waals surface area contributed by atoms with Crippen LogP contribution in [0.1, 0.15) is 29.3 Å². The lowest BCUT2D eigenvalue weighted by atomic mass is 10.1. The Hall–Kier alpha value is -0.970. The minimum Gasteiger partial charge on any atom is -0.294 e. The number of rotatable bonds is 3. The quantitative estimate of drug-likeness (QED) is 0.589. The summed E-state index contributed by atoms with van der Waals surface area (Å²) in [7, 11) is 0. The molecule has 1 rings (SSSR count). The summed E-state index contributed by atoms with van der Waals surface area (Å²) < 4.78 is 36.5. The van der Waals surface area contributed by atoms with Crippen molar-refractivity contribution < 1.29 is 18.0 Å². The van der Waals surface area contributed by atoms with Gasteiger partial charge < -0.3 is 0 Å². The van der Waals surface area contributed by atoms with Crippen LogP contribution in [0.4, 0.5) is 13.2 Å². The SMILES string of the molecule is CCC(=O)c1cc(C)cc(SC(F)(F)F)c1. The zero-order valence-electron chi connectivity index (χ0n) is 8.89. The van der Waals surface area contributed by atoms with Crippen LogP contribution in [0.5, 0.6) is 0 Å². The van der Waals surface area contributed by atoms with E-state index in [4.69, 9.17) is 0 Å². The first-order valence-corrected chi connectivity index (χ1v) is 5.54. The predicted molar refractivity (Wildman–Crippen MR) is 57.7 cm³/mol. The Morgan fingerprint density at radius 1 is 1.31 bits per heavy atom. The van der Waals surface area contributed by atoms with E-state index in [1.54, 1.807) is 19.9 Å². The molecule has 0 unspecified atom stereocenters. The molecule has 0 N–H and O–H groups in total. The van der Waals surface area contributed by atoms with Crippen molar-refractivity contribution in [3.8, 4) is 0 Å². The van der Waals surface area contributed by atoms with Crippen LogP contribution in [0.3, 0.4) is 0 Å². The smallest absolute Gasteiger partial charge is 0.294 e. The fraction of sp³-hybridized carbons (Fsp3) is 0.364. The molecule has 0 aliphatic rings. The Balaban J connectivity index is 3.03. The van der Waals surface area contributed by atoms with Crippen molar-refractivity contribution in [3.05, 3.63) is 29.3 Å². The number of benzene rings is 1. The lowest BCUT2D eigenvalue weighted by Gasteiger charge is -2.08. The van der Waals surface area contributed by atoms with Gasteiger partial charge in [-0.2, -0.15) is 13.2 Å². The number of ketones is 1. The Morgan fingerprint density at radius 2 is 1.94 bits per heavy atom. The summed E-state index contributed by atoms with van der Waals surface area (Å²) >= 11 is -0.195. The Labute approximate surface area is 96.0 Å². The molecule has 0 saturated heterocycles. The molecule has 0 aliphatic heterocycles. The number of hydrogen-bond donors (Lipinski definition) is 0. The van der Waals surface area contributed by atoms with Crippen LogP contribution in [0.25, 0.3) is 0 Å². The molecule has 1 aromatic carbocycles. The van der Waals surface area contributed by atoms with Gasteiger partial charge in [-0.25, -0.2) is 0 Å². The van der Waals surface area contributed by atoms with Crippen molar-refractivity contribution in [1.82, 2.24) is 0 Å². The van der Waals surface area contributed by atoms with Crippen molar-refractivity contribution in [3.63, 3.8) is 0 Å². The van der Waals surface area contributed by atoms with Crippen molar-refractivity contribution in [2.24, 2.45) is 0 Å². The highest BCUT2D eigenvalue weighted by atomic mass is 32.2. The summed E-state index contributed by atoms with van der Waals surface area (Å²) in [5, 5.41) is 0. The van der Waals surface area contributed by atoms with Crippen molar-refractivity contribution in [2.45, 2.75) is 30.7 Å². The van der Waals surface area contributed by atoms with Crippen molar-refractivity contribution in [2.75, 3.05) is 0 Å². The number of carbonyl (C=O) groups is 1. The maximum Gasteiger partial charge on any atom is 0.446 e. The average Bonchev–Trinajstić information content (AvgIpc) is 2.12. The number of hydrogen-bond acceptors (Lipinski definition) is 2. The number of halogens is 3. The molecular weight excluding hydrogens is 237 g/mol. The lowest BCUT2D eigenvalue weighted by molar-refractivity contribution is -0.0328. The molecule has 0 amide bonds. The summed E-state index contributed by atoms with van der Waals surface area (Å²) in [6.07, 6.45) is 0.291. The van der Waals surface area contributed by atoms with Gasteiger partial charge in [0.1, 0.15) is 0 Å². The molecule has 0 aliphatic carbocycles. The highest BCUT2D eigenvalue weighted by Gasteiger charge is 2.29. The van der Waals surface area contributed by atoms with Crippen LogP contribution in [0.15, 0.2) is 23.1 Å². The zero-order chi connectivity index (χ0) is 12.3. The highest BCUT2D eigenvalue weighted by Crippen LogP contribution is 2.37. The van der Waals surface area contributed by atoms with E-state index in [1.807, 2.05) is 0 Å². The van der Waals surface area contributed by atoms with Gasteiger partial charge >= 0.3 is 5.51 Å². The molecule has 0 fully saturated rings. The van der Waals surface area contributed by atoms with Gasteiger partial charge in [0, 0.05) is 16.9 Å². The first kappa shape index (κ1) is 13.1. The van der Waals surface area contributed by atoms with E-state index in [2.05, 4.69) is 0 Å². The lowest BCUT2D eigenvalue weighted by Crippen LogP contribution is -2.01. The molecule has 1 nitrogen and oxygen atoms in total. The van der Waals surface area contributed by atoms with E-state index in [0.717, 1.165) is 0 Å². The summed E-state index contributed by atoms with van der Waals surface area (Å²) in [6.45, 7) is 3.36. The molecule has 16 heavy (non-hydrogen) atoms. The van der Waals surface area contributed by atoms with E-state index in [0.29, 0.717) is 17.5 Å². The third-order valence-corrected chi connectivity index (χ3v) is 2.63. The third kappa shape index (κ3) is 3.89. The molecule has 0 bridgehead atoms. The van der Waals surface area contributed by atoms with Gasteiger partial charge in [-0.3, -0.25) is 4.79 Å². The predicted octanol–water partition coefficient (Wildman–Crippen LogP) is 4.20. The topological polar surface area (TPSA) is 17.1 Å². The molecule has 0 aromatic heterocycles. The first-order valence-electron chi connectivity index (χ1n) is 4.72. The normalized spacial score (nSPS) is 11.6. The van der Waals surface area contributed by atoms with E-state index in [-0.39, 0.29) is 22.4 Å². The maximum absolute atomic E-state index is 12.2. The summed E-state index contributed by atoms with van der Waals surface area (Å²) in [4.78, 5) is 11.5. The minimum absolute atomic E-state index is 0.0595. The molecular formula is C11H11F3OS. The summed E-state index contributed by atoms with van der Waals surface area (Å²) in [5.41, 5.74) is -3.32. The fourth-order valence-corrected chi connectivity index (χ4v) is 2.00.